The van der Waals surface area contributed by atoms with Crippen molar-refractivity contribution in [3.05, 3.63) is 29.8 Å². The number of nitrogens with one attached hydrogen (secondary N) is 2. The average Bonchev–Trinajstić information content (AvgIpc) is 2.92. The van der Waals surface area contributed by atoms with Gasteiger partial charge in [0, 0.05) is 30.8 Å². The molecule has 110 valence electrons. The molecule has 1 aliphatic rings. The Labute approximate surface area is 120 Å². The van der Waals surface area contributed by atoms with Crippen molar-refractivity contribution in [2.24, 2.45) is 5.92 Å². The van der Waals surface area contributed by atoms with Crippen molar-refractivity contribution >= 4 is 11.6 Å². The average molecular weight is 276 g/mol. The zero-order chi connectivity index (χ0) is 14.4. The highest BCUT2D eigenvalue weighted by Gasteiger charge is 2.28. The van der Waals surface area contributed by atoms with Crippen LogP contribution in [0.25, 0.3) is 0 Å². The van der Waals surface area contributed by atoms with E-state index in [9.17, 15) is 9.90 Å². The molecule has 2 unspecified atom stereocenters. The first-order chi connectivity index (χ1) is 9.76. The molecule has 1 saturated carbocycles. The zero-order valence-electron chi connectivity index (χ0n) is 12.1. The Morgan fingerprint density at radius 2 is 2.15 bits per heavy atom. The lowest BCUT2D eigenvalue weighted by molar-refractivity contribution is 0.0917. The number of aliphatic hydroxyl groups is 1. The van der Waals surface area contributed by atoms with Crippen LogP contribution in [0.1, 0.15) is 43.0 Å². The van der Waals surface area contributed by atoms with Gasteiger partial charge in [-0.3, -0.25) is 4.79 Å². The molecule has 4 heteroatoms. The Morgan fingerprint density at radius 3 is 2.90 bits per heavy atom. The fourth-order valence-corrected chi connectivity index (χ4v) is 2.79. The highest BCUT2D eigenvalue weighted by atomic mass is 16.3. The van der Waals surface area contributed by atoms with Gasteiger partial charge >= 0.3 is 0 Å². The van der Waals surface area contributed by atoms with E-state index >= 15 is 0 Å². The molecule has 4 nitrogen and oxygen atoms in total. The van der Waals surface area contributed by atoms with E-state index in [1.807, 2.05) is 24.3 Å². The summed E-state index contributed by atoms with van der Waals surface area (Å²) in [6.45, 7) is 3.10. The lowest BCUT2D eigenvalue weighted by Crippen LogP contribution is -2.38. The molecule has 0 bridgehead atoms. The maximum atomic E-state index is 12.4. The van der Waals surface area contributed by atoms with Gasteiger partial charge in [-0.15, -0.1) is 0 Å². The third-order valence-corrected chi connectivity index (χ3v) is 3.95. The van der Waals surface area contributed by atoms with Gasteiger partial charge in [0.1, 0.15) is 0 Å². The van der Waals surface area contributed by atoms with Crippen molar-refractivity contribution in [1.29, 1.82) is 0 Å². The summed E-state index contributed by atoms with van der Waals surface area (Å²) < 4.78 is 0. The Balaban J connectivity index is 2.05. The molecule has 2 atom stereocenters. The molecule has 0 saturated heterocycles. The van der Waals surface area contributed by atoms with Gasteiger partial charge in [0.25, 0.3) is 5.91 Å². The van der Waals surface area contributed by atoms with E-state index in [1.54, 1.807) is 0 Å². The van der Waals surface area contributed by atoms with E-state index in [1.165, 1.54) is 0 Å². The molecule has 1 amide bonds. The molecule has 0 heterocycles. The number of hydrogen-bond donors (Lipinski definition) is 3. The second-order valence-electron chi connectivity index (χ2n) is 5.43. The topological polar surface area (TPSA) is 61.4 Å². The predicted molar refractivity (Wildman–Crippen MR) is 80.9 cm³/mol. The number of amides is 1. The van der Waals surface area contributed by atoms with Gasteiger partial charge in [-0.05, 0) is 31.4 Å². The Bertz CT molecular complexity index is 448. The third-order valence-electron chi connectivity index (χ3n) is 3.95. The van der Waals surface area contributed by atoms with Crippen LogP contribution < -0.4 is 10.6 Å². The van der Waals surface area contributed by atoms with Gasteiger partial charge in [0.05, 0.1) is 5.56 Å². The van der Waals surface area contributed by atoms with Gasteiger partial charge < -0.3 is 15.7 Å². The quantitative estimate of drug-likeness (QED) is 0.747. The van der Waals surface area contributed by atoms with Crippen molar-refractivity contribution in [2.45, 2.75) is 38.6 Å². The van der Waals surface area contributed by atoms with E-state index in [2.05, 4.69) is 17.6 Å². The van der Waals surface area contributed by atoms with Gasteiger partial charge in [0.2, 0.25) is 0 Å². The predicted octanol–water partition coefficient (Wildman–Crippen LogP) is 2.40. The number of aliphatic hydroxyl groups excluding tert-OH is 1. The van der Waals surface area contributed by atoms with Crippen LogP contribution in [0.4, 0.5) is 5.69 Å². The van der Waals surface area contributed by atoms with E-state index in [4.69, 9.17) is 0 Å². The van der Waals surface area contributed by atoms with Crippen molar-refractivity contribution in [2.75, 3.05) is 18.5 Å². The molecule has 0 aromatic heterocycles. The highest BCUT2D eigenvalue weighted by Crippen LogP contribution is 2.26. The van der Waals surface area contributed by atoms with Crippen molar-refractivity contribution in [3.63, 3.8) is 0 Å². The molecular weight excluding hydrogens is 252 g/mol. The lowest BCUT2D eigenvalue weighted by Gasteiger charge is -2.20. The summed E-state index contributed by atoms with van der Waals surface area (Å²) in [6, 6.07) is 7.69. The maximum absolute atomic E-state index is 12.4. The van der Waals surface area contributed by atoms with E-state index in [0.29, 0.717) is 5.56 Å². The number of hydrogen-bond acceptors (Lipinski definition) is 3. The smallest absolute Gasteiger partial charge is 0.253 e. The monoisotopic (exact) mass is 276 g/mol. The summed E-state index contributed by atoms with van der Waals surface area (Å²) in [7, 11) is 0. The summed E-state index contributed by atoms with van der Waals surface area (Å²) in [5.41, 5.74) is 1.56. The lowest BCUT2D eigenvalue weighted by atomic mass is 10.0. The summed E-state index contributed by atoms with van der Waals surface area (Å²) in [6.07, 6.45) is 4.05. The zero-order valence-corrected chi connectivity index (χ0v) is 12.1. The van der Waals surface area contributed by atoms with Crippen LogP contribution in [-0.4, -0.2) is 30.2 Å². The largest absolute Gasteiger partial charge is 0.396 e. The van der Waals surface area contributed by atoms with E-state index in [0.717, 1.165) is 37.9 Å². The molecule has 1 aromatic carbocycles. The molecule has 0 aliphatic heterocycles. The first-order valence-corrected chi connectivity index (χ1v) is 7.51. The van der Waals surface area contributed by atoms with E-state index in [-0.39, 0.29) is 24.5 Å². The van der Waals surface area contributed by atoms with Crippen LogP contribution in [0.15, 0.2) is 24.3 Å². The standard InChI is InChI=1S/C16H24N2O2/c1-2-10-17-15-8-4-3-7-13(15)16(20)18-14-9-5-6-12(14)11-19/h3-4,7-8,12,14,17,19H,2,5-6,9-11H2,1H3,(H,18,20). The minimum absolute atomic E-state index is 0.0467. The molecule has 1 aliphatic carbocycles. The van der Waals surface area contributed by atoms with Crippen LogP contribution >= 0.6 is 0 Å². The maximum Gasteiger partial charge on any atom is 0.253 e. The highest BCUT2D eigenvalue weighted by molar-refractivity contribution is 5.99. The fourth-order valence-electron chi connectivity index (χ4n) is 2.79. The molecule has 1 fully saturated rings. The summed E-state index contributed by atoms with van der Waals surface area (Å²) in [5.74, 6) is 0.157. The Kier molecular flexibility index (Phi) is 5.41. The molecule has 3 N–H and O–H groups in total. The minimum atomic E-state index is -0.0467. The van der Waals surface area contributed by atoms with Crippen molar-refractivity contribution in [3.8, 4) is 0 Å². The summed E-state index contributed by atoms with van der Waals surface area (Å²) in [5, 5.41) is 15.7. The number of carbonyl (C=O) groups excluding carboxylic acids is 1. The number of anilines is 1. The molecule has 0 spiro atoms. The Morgan fingerprint density at radius 1 is 1.35 bits per heavy atom. The second-order valence-corrected chi connectivity index (χ2v) is 5.43. The molecule has 0 radical (unpaired) electrons. The van der Waals surface area contributed by atoms with Crippen LogP contribution in [0.2, 0.25) is 0 Å². The number of benzene rings is 1. The summed E-state index contributed by atoms with van der Waals surface area (Å²) >= 11 is 0. The first-order valence-electron chi connectivity index (χ1n) is 7.51. The van der Waals surface area contributed by atoms with E-state index < -0.39 is 0 Å². The number of carbonyl (C=O) groups is 1. The van der Waals surface area contributed by atoms with Crippen LogP contribution in [0.5, 0.6) is 0 Å². The SMILES string of the molecule is CCCNc1ccccc1C(=O)NC1CCCC1CO. The summed E-state index contributed by atoms with van der Waals surface area (Å²) in [4.78, 5) is 12.4. The van der Waals surface area contributed by atoms with Gasteiger partial charge in [-0.2, -0.15) is 0 Å². The number of rotatable bonds is 6. The molecular formula is C16H24N2O2. The van der Waals surface area contributed by atoms with Gasteiger partial charge in [-0.25, -0.2) is 0 Å². The third kappa shape index (κ3) is 3.51. The van der Waals surface area contributed by atoms with Crippen LogP contribution in [0.3, 0.4) is 0 Å². The van der Waals surface area contributed by atoms with Gasteiger partial charge in [-0.1, -0.05) is 25.5 Å². The second kappa shape index (κ2) is 7.29. The Hall–Kier alpha value is -1.55. The molecule has 1 aromatic rings. The minimum Gasteiger partial charge on any atom is -0.396 e. The van der Waals surface area contributed by atoms with Crippen LogP contribution in [-0.2, 0) is 0 Å². The normalized spacial score (nSPS) is 21.7. The van der Waals surface area contributed by atoms with Crippen LogP contribution in [0, 0.1) is 5.92 Å². The number of para-hydroxylation sites is 1. The van der Waals surface area contributed by atoms with Gasteiger partial charge in [0.15, 0.2) is 0 Å². The fraction of sp³-hybridized carbons (Fsp3) is 0.562. The molecule has 20 heavy (non-hydrogen) atoms. The van der Waals surface area contributed by atoms with Crippen molar-refractivity contribution < 1.29 is 9.90 Å². The van der Waals surface area contributed by atoms with Crippen molar-refractivity contribution in [1.82, 2.24) is 5.32 Å². The molecule has 2 rings (SSSR count). The first kappa shape index (κ1) is 14.9.